The first-order valence-electron chi connectivity index (χ1n) is 5.23. The number of non-ortho nitro benzene ring substituents is 1. The van der Waals surface area contributed by atoms with Gasteiger partial charge in [0.1, 0.15) is 0 Å². The average molecular weight is 228 g/mol. The van der Waals surface area contributed by atoms with Crippen LogP contribution in [0.15, 0.2) is 48.5 Å². The van der Waals surface area contributed by atoms with Crippen molar-refractivity contribution in [1.82, 2.24) is 0 Å². The van der Waals surface area contributed by atoms with Crippen molar-refractivity contribution in [2.24, 2.45) is 0 Å². The van der Waals surface area contributed by atoms with Crippen molar-refractivity contribution in [1.29, 1.82) is 0 Å². The van der Waals surface area contributed by atoms with E-state index in [2.05, 4.69) is 0 Å². The Morgan fingerprint density at radius 3 is 2.41 bits per heavy atom. The molecule has 4 heteroatoms. The summed E-state index contributed by atoms with van der Waals surface area (Å²) in [5.41, 5.74) is 8.33. The molecule has 2 aromatic carbocycles. The topological polar surface area (TPSA) is 69.2 Å². The zero-order chi connectivity index (χ0) is 12.3. The highest BCUT2D eigenvalue weighted by atomic mass is 16.6. The predicted molar refractivity (Wildman–Crippen MR) is 66.8 cm³/mol. The molecule has 4 nitrogen and oxygen atoms in total. The zero-order valence-corrected chi connectivity index (χ0v) is 9.17. The quantitative estimate of drug-likeness (QED) is 0.499. The van der Waals surface area contributed by atoms with Crippen molar-refractivity contribution < 1.29 is 4.92 Å². The third-order valence-electron chi connectivity index (χ3n) is 2.58. The number of benzene rings is 2. The molecule has 2 aromatic rings. The van der Waals surface area contributed by atoms with Gasteiger partial charge in [0.25, 0.3) is 5.69 Å². The number of nitrogen functional groups attached to an aromatic ring is 1. The van der Waals surface area contributed by atoms with Crippen LogP contribution < -0.4 is 5.73 Å². The zero-order valence-electron chi connectivity index (χ0n) is 9.17. The van der Waals surface area contributed by atoms with E-state index in [1.54, 1.807) is 6.07 Å². The van der Waals surface area contributed by atoms with Gasteiger partial charge in [-0.25, -0.2) is 0 Å². The highest BCUT2D eigenvalue weighted by molar-refractivity contribution is 5.55. The highest BCUT2D eigenvalue weighted by Gasteiger charge is 2.08. The number of nitrogens with two attached hydrogens (primary N) is 1. The molecule has 0 bridgehead atoms. The van der Waals surface area contributed by atoms with E-state index in [0.29, 0.717) is 12.1 Å². The fourth-order valence-electron chi connectivity index (χ4n) is 1.67. The van der Waals surface area contributed by atoms with Gasteiger partial charge in [-0.3, -0.25) is 10.1 Å². The molecule has 2 N–H and O–H groups in total. The molecule has 0 spiro atoms. The van der Waals surface area contributed by atoms with Crippen LogP contribution in [0.5, 0.6) is 0 Å². The Morgan fingerprint density at radius 2 is 1.82 bits per heavy atom. The van der Waals surface area contributed by atoms with Gasteiger partial charge in [0.05, 0.1) is 4.92 Å². The van der Waals surface area contributed by atoms with Crippen molar-refractivity contribution in [2.45, 2.75) is 6.42 Å². The van der Waals surface area contributed by atoms with E-state index in [1.807, 2.05) is 30.3 Å². The molecular formula is C13H12N2O2. The fourth-order valence-corrected chi connectivity index (χ4v) is 1.67. The standard InChI is InChI=1S/C13H12N2O2/c14-13-9-12(15(16)17)7-6-11(13)8-10-4-2-1-3-5-10/h1-7,9H,8,14H2. The Labute approximate surface area is 98.8 Å². The Balaban J connectivity index is 2.26. The summed E-state index contributed by atoms with van der Waals surface area (Å²) in [5.74, 6) is 0. The van der Waals surface area contributed by atoms with E-state index in [1.165, 1.54) is 12.1 Å². The van der Waals surface area contributed by atoms with E-state index >= 15 is 0 Å². The molecule has 0 atom stereocenters. The minimum atomic E-state index is -0.442. The summed E-state index contributed by atoms with van der Waals surface area (Å²) in [5, 5.41) is 10.6. The molecule has 17 heavy (non-hydrogen) atoms. The van der Waals surface area contributed by atoms with Gasteiger partial charge in [-0.15, -0.1) is 0 Å². The lowest BCUT2D eigenvalue weighted by atomic mass is 10.0. The molecule has 0 aliphatic rings. The van der Waals surface area contributed by atoms with Crippen LogP contribution >= 0.6 is 0 Å². The molecule has 2 rings (SSSR count). The number of anilines is 1. The van der Waals surface area contributed by atoms with E-state index < -0.39 is 4.92 Å². The number of hydrogen-bond donors (Lipinski definition) is 1. The van der Waals surface area contributed by atoms with Crippen molar-refractivity contribution >= 4 is 11.4 Å². The normalized spacial score (nSPS) is 10.1. The Morgan fingerprint density at radius 1 is 1.12 bits per heavy atom. The summed E-state index contributed by atoms with van der Waals surface area (Å²) in [6, 6.07) is 14.4. The van der Waals surface area contributed by atoms with Gasteiger partial charge in [0.2, 0.25) is 0 Å². The van der Waals surface area contributed by atoms with Gasteiger partial charge >= 0.3 is 0 Å². The third kappa shape index (κ3) is 2.60. The minimum absolute atomic E-state index is 0.0271. The Hall–Kier alpha value is -2.36. The largest absolute Gasteiger partial charge is 0.398 e. The second-order valence-electron chi connectivity index (χ2n) is 3.80. The molecule has 0 heterocycles. The third-order valence-corrected chi connectivity index (χ3v) is 2.58. The summed E-state index contributed by atoms with van der Waals surface area (Å²) in [6.07, 6.45) is 0.685. The van der Waals surface area contributed by atoms with Gasteiger partial charge in [0, 0.05) is 17.8 Å². The summed E-state index contributed by atoms with van der Waals surface area (Å²) in [6.45, 7) is 0. The van der Waals surface area contributed by atoms with Gasteiger partial charge in [-0.1, -0.05) is 30.3 Å². The van der Waals surface area contributed by atoms with Crippen LogP contribution in [0.3, 0.4) is 0 Å². The lowest BCUT2D eigenvalue weighted by Gasteiger charge is -2.05. The van der Waals surface area contributed by atoms with E-state index in [0.717, 1.165) is 11.1 Å². The molecule has 0 amide bonds. The second-order valence-corrected chi connectivity index (χ2v) is 3.80. The first-order chi connectivity index (χ1) is 8.16. The number of rotatable bonds is 3. The monoisotopic (exact) mass is 228 g/mol. The number of hydrogen-bond acceptors (Lipinski definition) is 3. The molecule has 0 unspecified atom stereocenters. The van der Waals surface area contributed by atoms with Gasteiger partial charge in [-0.2, -0.15) is 0 Å². The number of nitro groups is 1. The summed E-state index contributed by atoms with van der Waals surface area (Å²) in [7, 11) is 0. The van der Waals surface area contributed by atoms with Gasteiger partial charge < -0.3 is 5.73 Å². The molecule has 0 aliphatic carbocycles. The summed E-state index contributed by atoms with van der Waals surface area (Å²) in [4.78, 5) is 10.1. The van der Waals surface area contributed by atoms with Crippen LogP contribution in [0.1, 0.15) is 11.1 Å². The maximum atomic E-state index is 10.6. The Kier molecular flexibility index (Phi) is 3.05. The highest BCUT2D eigenvalue weighted by Crippen LogP contribution is 2.22. The van der Waals surface area contributed by atoms with Crippen LogP contribution in [0.2, 0.25) is 0 Å². The van der Waals surface area contributed by atoms with E-state index in [-0.39, 0.29) is 5.69 Å². The number of nitro benzene ring substituents is 1. The molecule has 0 aliphatic heterocycles. The van der Waals surface area contributed by atoms with Gasteiger partial charge in [0.15, 0.2) is 0 Å². The first-order valence-corrected chi connectivity index (χ1v) is 5.23. The maximum absolute atomic E-state index is 10.6. The summed E-state index contributed by atoms with van der Waals surface area (Å²) >= 11 is 0. The molecule has 0 saturated carbocycles. The Bertz CT molecular complexity index is 538. The SMILES string of the molecule is Nc1cc([N+](=O)[O-])ccc1Cc1ccccc1. The van der Waals surface area contributed by atoms with Crippen molar-refractivity contribution in [3.8, 4) is 0 Å². The van der Waals surface area contributed by atoms with Crippen molar-refractivity contribution in [3.63, 3.8) is 0 Å². The average Bonchev–Trinajstić information content (AvgIpc) is 2.33. The smallest absolute Gasteiger partial charge is 0.271 e. The molecule has 0 aromatic heterocycles. The van der Waals surface area contributed by atoms with E-state index in [4.69, 9.17) is 5.73 Å². The lowest BCUT2D eigenvalue weighted by molar-refractivity contribution is -0.384. The van der Waals surface area contributed by atoms with Crippen LogP contribution in [0, 0.1) is 10.1 Å². The molecule has 86 valence electrons. The van der Waals surface area contributed by atoms with Crippen molar-refractivity contribution in [3.05, 3.63) is 69.8 Å². The molecule has 0 saturated heterocycles. The van der Waals surface area contributed by atoms with Crippen LogP contribution in [-0.4, -0.2) is 4.92 Å². The molecule has 0 fully saturated rings. The predicted octanol–water partition coefficient (Wildman–Crippen LogP) is 2.77. The molecule has 0 radical (unpaired) electrons. The fraction of sp³-hybridized carbons (Fsp3) is 0.0769. The number of nitrogens with zero attached hydrogens (tertiary/aromatic N) is 1. The lowest BCUT2D eigenvalue weighted by Crippen LogP contribution is -1.97. The first kappa shape index (κ1) is 11.1. The second kappa shape index (κ2) is 4.65. The van der Waals surface area contributed by atoms with Gasteiger partial charge in [-0.05, 0) is 23.6 Å². The van der Waals surface area contributed by atoms with Crippen LogP contribution in [0.4, 0.5) is 11.4 Å². The minimum Gasteiger partial charge on any atom is -0.398 e. The van der Waals surface area contributed by atoms with Crippen LogP contribution in [0.25, 0.3) is 0 Å². The van der Waals surface area contributed by atoms with Crippen LogP contribution in [-0.2, 0) is 6.42 Å². The van der Waals surface area contributed by atoms with Crippen molar-refractivity contribution in [2.75, 3.05) is 5.73 Å². The molecular weight excluding hydrogens is 216 g/mol. The van der Waals surface area contributed by atoms with E-state index in [9.17, 15) is 10.1 Å². The summed E-state index contributed by atoms with van der Waals surface area (Å²) < 4.78 is 0. The maximum Gasteiger partial charge on any atom is 0.271 e.